The monoisotopic (exact) mass is 266 g/mol. The predicted molar refractivity (Wildman–Crippen MR) is 92.0 cm³/mol. The summed E-state index contributed by atoms with van der Waals surface area (Å²) in [6.07, 6.45) is 1.25. The second kappa shape index (κ2) is 7.69. The Kier molecular flexibility index (Phi) is 6.24. The van der Waals surface area contributed by atoms with Crippen molar-refractivity contribution in [2.45, 2.75) is 41.0 Å². The minimum Gasteiger partial charge on any atom is -0.0955 e. The third-order valence-electron chi connectivity index (χ3n) is 3.15. The summed E-state index contributed by atoms with van der Waals surface area (Å²) in [5.74, 6) is 0. The van der Waals surface area contributed by atoms with Gasteiger partial charge in [0.05, 0.1) is 0 Å². The van der Waals surface area contributed by atoms with Crippen LogP contribution >= 0.6 is 0 Å². The van der Waals surface area contributed by atoms with E-state index in [0.29, 0.717) is 0 Å². The van der Waals surface area contributed by atoms with Gasteiger partial charge in [0, 0.05) is 0 Å². The highest BCUT2D eigenvalue weighted by atomic mass is 14.1. The summed E-state index contributed by atoms with van der Waals surface area (Å²) in [4.78, 5) is 0. The summed E-state index contributed by atoms with van der Waals surface area (Å²) in [7, 11) is 0. The molecule has 0 saturated heterocycles. The first-order valence-electron chi connectivity index (χ1n) is 7.34. The summed E-state index contributed by atoms with van der Waals surface area (Å²) in [5, 5.41) is 0. The molecular weight excluding hydrogens is 240 g/mol. The Hall–Kier alpha value is -1.82. The van der Waals surface area contributed by atoms with Gasteiger partial charge in [0.25, 0.3) is 0 Å². The molecule has 2 aromatic rings. The second-order valence-electron chi connectivity index (χ2n) is 5.30. The molecule has 0 heterocycles. The molecule has 0 atom stereocenters. The number of benzene rings is 2. The van der Waals surface area contributed by atoms with Gasteiger partial charge in [-0.2, -0.15) is 0 Å². The molecule has 0 nitrogen and oxygen atoms in total. The molecule has 0 aliphatic carbocycles. The van der Waals surface area contributed by atoms with E-state index in [2.05, 4.69) is 83.7 Å². The Bertz CT molecular complexity index is 576. The largest absolute Gasteiger partial charge is 0.0955 e. The van der Waals surface area contributed by atoms with Crippen LogP contribution in [0.4, 0.5) is 0 Å². The normalized spacial score (nSPS) is 9.65. The maximum atomic E-state index is 4.08. The highest BCUT2D eigenvalue weighted by Gasteiger charge is 2.10. The average molecular weight is 266 g/mol. The highest BCUT2D eigenvalue weighted by molar-refractivity contribution is 5.83. The van der Waals surface area contributed by atoms with Crippen LogP contribution in [0.2, 0.25) is 0 Å². The minimum absolute atomic E-state index is 1.12. The summed E-state index contributed by atoms with van der Waals surface area (Å²) in [5.41, 5.74) is 7.61. The number of hydrogen-bond donors (Lipinski definition) is 0. The molecule has 0 aliphatic heterocycles. The molecule has 0 fully saturated rings. The van der Waals surface area contributed by atoms with Gasteiger partial charge < -0.3 is 0 Å². The quantitative estimate of drug-likeness (QED) is 0.588. The van der Waals surface area contributed by atoms with Crippen molar-refractivity contribution in [3.63, 3.8) is 0 Å². The third-order valence-corrected chi connectivity index (χ3v) is 3.15. The van der Waals surface area contributed by atoms with Crippen LogP contribution < -0.4 is 0 Å². The summed E-state index contributed by atoms with van der Waals surface area (Å²) in [6.45, 7) is 14.7. The topological polar surface area (TPSA) is 0 Å². The number of hydrogen-bond acceptors (Lipinski definition) is 0. The van der Waals surface area contributed by atoms with Crippen LogP contribution in [0.5, 0.6) is 0 Å². The first kappa shape index (κ1) is 16.2. The maximum Gasteiger partial charge on any atom is -0.00770 e. The number of aryl methyl sites for hydroxylation is 2. The molecule has 0 amide bonds. The van der Waals surface area contributed by atoms with Gasteiger partial charge in [-0.3, -0.25) is 0 Å². The van der Waals surface area contributed by atoms with E-state index < -0.39 is 0 Å². The zero-order valence-electron chi connectivity index (χ0n) is 13.5. The van der Waals surface area contributed by atoms with Gasteiger partial charge in [0.15, 0.2) is 0 Å². The van der Waals surface area contributed by atoms with Gasteiger partial charge in [-0.15, -0.1) is 0 Å². The van der Waals surface area contributed by atoms with Gasteiger partial charge in [0.1, 0.15) is 0 Å². The molecule has 2 rings (SSSR count). The molecule has 0 saturated carbocycles. The van der Waals surface area contributed by atoms with Crippen molar-refractivity contribution >= 4 is 5.57 Å². The third kappa shape index (κ3) is 3.84. The Morgan fingerprint density at radius 3 is 2.00 bits per heavy atom. The average Bonchev–Trinajstić information content (AvgIpc) is 2.40. The Balaban J connectivity index is 0.000000612. The lowest BCUT2D eigenvalue weighted by atomic mass is 9.90. The van der Waals surface area contributed by atoms with Crippen molar-refractivity contribution in [3.8, 4) is 11.1 Å². The van der Waals surface area contributed by atoms with E-state index in [9.17, 15) is 0 Å². The fraction of sp³-hybridized carbons (Fsp3) is 0.300. The lowest BCUT2D eigenvalue weighted by molar-refractivity contribution is 1.09. The molecule has 0 unspecified atom stereocenters. The number of allylic oxidation sites excluding steroid dienone is 1. The van der Waals surface area contributed by atoms with E-state index in [1.807, 2.05) is 0 Å². The summed E-state index contributed by atoms with van der Waals surface area (Å²) >= 11 is 0. The molecule has 20 heavy (non-hydrogen) atoms. The summed E-state index contributed by atoms with van der Waals surface area (Å²) in [6, 6.07) is 14.9. The van der Waals surface area contributed by atoms with Crippen molar-refractivity contribution in [1.29, 1.82) is 0 Å². The van der Waals surface area contributed by atoms with E-state index in [1.54, 1.807) is 0 Å². The Labute approximate surface area is 124 Å². The predicted octanol–water partition coefficient (Wildman–Crippen LogP) is 6.42. The van der Waals surface area contributed by atoms with Crippen LogP contribution in [0, 0.1) is 13.8 Å². The van der Waals surface area contributed by atoms with Gasteiger partial charge in [-0.1, -0.05) is 74.9 Å². The molecule has 106 valence electrons. The molecule has 0 bridgehead atoms. The Morgan fingerprint density at radius 2 is 1.45 bits per heavy atom. The van der Waals surface area contributed by atoms with E-state index in [1.165, 1.54) is 34.2 Å². The Morgan fingerprint density at radius 1 is 0.900 bits per heavy atom. The molecular formula is C20H26. The van der Waals surface area contributed by atoms with Crippen molar-refractivity contribution in [2.24, 2.45) is 0 Å². The molecule has 0 aliphatic rings. The fourth-order valence-electron chi connectivity index (χ4n) is 2.23. The van der Waals surface area contributed by atoms with E-state index in [4.69, 9.17) is 0 Å². The van der Waals surface area contributed by atoms with Crippen molar-refractivity contribution in [1.82, 2.24) is 0 Å². The zero-order valence-corrected chi connectivity index (χ0v) is 13.5. The zero-order chi connectivity index (χ0) is 15.1. The first-order valence-corrected chi connectivity index (χ1v) is 7.34. The molecule has 0 heteroatoms. The standard InChI is InChI=1S/C17H18.C3H8/c1-12(2)15-11-7-9-14(4)17(15)16-10-6-5-8-13(16)3;1-3-2/h5-11H,1H2,2-4H3;3H2,1-2H3. The lowest BCUT2D eigenvalue weighted by Crippen LogP contribution is -1.92. The minimum atomic E-state index is 1.12. The van der Waals surface area contributed by atoms with Gasteiger partial charge in [-0.05, 0) is 48.6 Å². The summed E-state index contributed by atoms with van der Waals surface area (Å²) < 4.78 is 0. The number of rotatable bonds is 2. The molecule has 0 spiro atoms. The molecule has 0 N–H and O–H groups in total. The second-order valence-corrected chi connectivity index (χ2v) is 5.30. The van der Waals surface area contributed by atoms with Crippen molar-refractivity contribution < 1.29 is 0 Å². The van der Waals surface area contributed by atoms with Crippen molar-refractivity contribution in [2.75, 3.05) is 0 Å². The van der Waals surface area contributed by atoms with Crippen LogP contribution in [0.25, 0.3) is 16.7 Å². The van der Waals surface area contributed by atoms with E-state index in [-0.39, 0.29) is 0 Å². The first-order chi connectivity index (χ1) is 9.52. The molecule has 0 aromatic heterocycles. The van der Waals surface area contributed by atoms with Gasteiger partial charge in [-0.25, -0.2) is 0 Å². The SMILES string of the molecule is C=C(C)c1cccc(C)c1-c1ccccc1C.CCC. The lowest BCUT2D eigenvalue weighted by Gasteiger charge is -2.15. The maximum absolute atomic E-state index is 4.08. The van der Waals surface area contributed by atoms with Crippen molar-refractivity contribution in [3.05, 3.63) is 65.7 Å². The highest BCUT2D eigenvalue weighted by Crippen LogP contribution is 2.33. The van der Waals surface area contributed by atoms with Crippen LogP contribution in [0.15, 0.2) is 49.0 Å². The molecule has 2 aromatic carbocycles. The van der Waals surface area contributed by atoms with Gasteiger partial charge >= 0.3 is 0 Å². The molecule has 0 radical (unpaired) electrons. The van der Waals surface area contributed by atoms with Crippen LogP contribution in [-0.4, -0.2) is 0 Å². The van der Waals surface area contributed by atoms with Gasteiger partial charge in [0.2, 0.25) is 0 Å². The van der Waals surface area contributed by atoms with E-state index in [0.717, 1.165) is 5.57 Å². The smallest absolute Gasteiger partial charge is 0.00770 e. The fourth-order valence-corrected chi connectivity index (χ4v) is 2.23. The van der Waals surface area contributed by atoms with Crippen LogP contribution in [-0.2, 0) is 0 Å². The van der Waals surface area contributed by atoms with E-state index >= 15 is 0 Å². The van der Waals surface area contributed by atoms with Crippen LogP contribution in [0.1, 0.15) is 43.9 Å². The van der Waals surface area contributed by atoms with Crippen LogP contribution in [0.3, 0.4) is 0 Å².